The number of esters is 1. The van der Waals surface area contributed by atoms with Gasteiger partial charge < -0.3 is 14.8 Å². The summed E-state index contributed by atoms with van der Waals surface area (Å²) in [6, 6.07) is 0.372. The Morgan fingerprint density at radius 2 is 2.31 bits per heavy atom. The Hall–Kier alpha value is -0.610. The minimum atomic E-state index is -0.198. The molecule has 0 radical (unpaired) electrons. The van der Waals surface area contributed by atoms with Gasteiger partial charge in [0.1, 0.15) is 0 Å². The second kappa shape index (κ2) is 4.34. The molecule has 3 atom stereocenters. The van der Waals surface area contributed by atoms with E-state index in [1.165, 1.54) is 13.5 Å². The summed E-state index contributed by atoms with van der Waals surface area (Å²) in [5, 5.41) is 3.30. The van der Waals surface area contributed by atoms with Crippen molar-refractivity contribution in [3.63, 3.8) is 0 Å². The number of carbonyl (C=O) groups is 1. The zero-order valence-corrected chi connectivity index (χ0v) is 10.3. The van der Waals surface area contributed by atoms with Gasteiger partial charge in [-0.3, -0.25) is 4.79 Å². The molecule has 2 aliphatic rings. The highest BCUT2D eigenvalue weighted by Crippen LogP contribution is 2.51. The van der Waals surface area contributed by atoms with E-state index in [0.29, 0.717) is 24.6 Å². The molecule has 1 aliphatic carbocycles. The average Bonchev–Trinajstić information content (AvgIpc) is 2.28. The standard InChI is InChI=1S/C12H21NO3/c1-12(2)10(13-7-9(14)15-3)8-5-4-6-16-11(8)12/h8,10-11,13H,4-7H2,1-3H3. The van der Waals surface area contributed by atoms with E-state index >= 15 is 0 Å². The average molecular weight is 227 g/mol. The van der Waals surface area contributed by atoms with Gasteiger partial charge in [0.05, 0.1) is 19.8 Å². The second-order valence-electron chi connectivity index (χ2n) is 5.35. The Labute approximate surface area is 96.7 Å². The normalized spacial score (nSPS) is 36.1. The quantitative estimate of drug-likeness (QED) is 0.729. The third kappa shape index (κ3) is 1.84. The zero-order valence-electron chi connectivity index (χ0n) is 10.3. The van der Waals surface area contributed by atoms with Gasteiger partial charge >= 0.3 is 5.97 Å². The van der Waals surface area contributed by atoms with Crippen LogP contribution in [0.1, 0.15) is 26.7 Å². The number of rotatable bonds is 3. The fraction of sp³-hybridized carbons (Fsp3) is 0.917. The molecule has 0 aromatic rings. The topological polar surface area (TPSA) is 47.6 Å². The van der Waals surface area contributed by atoms with E-state index in [0.717, 1.165) is 13.0 Å². The number of hydrogen-bond donors (Lipinski definition) is 1. The molecule has 0 aromatic carbocycles. The first-order chi connectivity index (χ1) is 7.57. The number of nitrogens with one attached hydrogen (secondary N) is 1. The minimum Gasteiger partial charge on any atom is -0.468 e. The van der Waals surface area contributed by atoms with E-state index in [4.69, 9.17) is 4.74 Å². The molecule has 0 bridgehead atoms. The smallest absolute Gasteiger partial charge is 0.319 e. The lowest BCUT2D eigenvalue weighted by Crippen LogP contribution is -2.69. The van der Waals surface area contributed by atoms with Gasteiger partial charge in [-0.15, -0.1) is 0 Å². The van der Waals surface area contributed by atoms with Crippen molar-refractivity contribution in [3.8, 4) is 0 Å². The van der Waals surface area contributed by atoms with Gasteiger partial charge in [0.25, 0.3) is 0 Å². The van der Waals surface area contributed by atoms with Crippen LogP contribution in [-0.4, -0.2) is 38.4 Å². The highest BCUT2D eigenvalue weighted by molar-refractivity contribution is 5.71. The van der Waals surface area contributed by atoms with Crippen LogP contribution in [0.3, 0.4) is 0 Å². The molecular formula is C12H21NO3. The van der Waals surface area contributed by atoms with E-state index in [9.17, 15) is 4.79 Å². The monoisotopic (exact) mass is 227 g/mol. The van der Waals surface area contributed by atoms with Crippen LogP contribution in [0, 0.1) is 11.3 Å². The Kier molecular flexibility index (Phi) is 3.22. The molecule has 0 amide bonds. The number of hydrogen-bond acceptors (Lipinski definition) is 4. The van der Waals surface area contributed by atoms with Crippen molar-refractivity contribution in [2.75, 3.05) is 20.3 Å². The number of fused-ring (bicyclic) bond motifs is 1. The van der Waals surface area contributed by atoms with E-state index in [-0.39, 0.29) is 11.4 Å². The van der Waals surface area contributed by atoms with Crippen LogP contribution in [0.4, 0.5) is 0 Å². The second-order valence-corrected chi connectivity index (χ2v) is 5.35. The summed E-state index contributed by atoms with van der Waals surface area (Å²) in [5.41, 5.74) is 0.124. The van der Waals surface area contributed by atoms with Gasteiger partial charge in [-0.1, -0.05) is 13.8 Å². The summed E-state index contributed by atoms with van der Waals surface area (Å²) < 4.78 is 10.4. The lowest BCUT2D eigenvalue weighted by Gasteiger charge is -2.60. The molecule has 1 saturated heterocycles. The van der Waals surface area contributed by atoms with Gasteiger partial charge in [0, 0.05) is 24.0 Å². The van der Waals surface area contributed by atoms with E-state index in [1.54, 1.807) is 0 Å². The van der Waals surface area contributed by atoms with Gasteiger partial charge in [0.15, 0.2) is 0 Å². The first kappa shape index (κ1) is 11.9. The van der Waals surface area contributed by atoms with Gasteiger partial charge in [0.2, 0.25) is 0 Å². The lowest BCUT2D eigenvalue weighted by molar-refractivity contribution is -0.193. The highest BCUT2D eigenvalue weighted by atomic mass is 16.5. The molecule has 0 spiro atoms. The van der Waals surface area contributed by atoms with E-state index in [1.807, 2.05) is 0 Å². The van der Waals surface area contributed by atoms with Crippen molar-refractivity contribution in [3.05, 3.63) is 0 Å². The number of carbonyl (C=O) groups excluding carboxylic acids is 1. The maximum atomic E-state index is 11.1. The molecule has 16 heavy (non-hydrogen) atoms. The maximum Gasteiger partial charge on any atom is 0.319 e. The van der Waals surface area contributed by atoms with Crippen molar-refractivity contribution >= 4 is 5.97 Å². The van der Waals surface area contributed by atoms with Crippen LogP contribution < -0.4 is 5.32 Å². The van der Waals surface area contributed by atoms with Crippen LogP contribution in [0.15, 0.2) is 0 Å². The van der Waals surface area contributed by atoms with Crippen LogP contribution in [0.25, 0.3) is 0 Å². The van der Waals surface area contributed by atoms with Crippen LogP contribution in [0.2, 0.25) is 0 Å². The molecule has 3 unspecified atom stereocenters. The number of methoxy groups -OCH3 is 1. The molecular weight excluding hydrogens is 206 g/mol. The summed E-state index contributed by atoms with van der Waals surface area (Å²) in [6.45, 7) is 5.59. The van der Waals surface area contributed by atoms with Gasteiger partial charge in [-0.05, 0) is 12.8 Å². The zero-order chi connectivity index (χ0) is 11.8. The highest BCUT2D eigenvalue weighted by Gasteiger charge is 2.57. The SMILES string of the molecule is COC(=O)CNC1C2CCCOC2C1(C)C. The molecule has 1 saturated carbocycles. The van der Waals surface area contributed by atoms with Crippen molar-refractivity contribution in [2.45, 2.75) is 38.8 Å². The van der Waals surface area contributed by atoms with E-state index in [2.05, 4.69) is 23.9 Å². The van der Waals surface area contributed by atoms with Crippen LogP contribution in [0.5, 0.6) is 0 Å². The first-order valence-corrected chi connectivity index (χ1v) is 5.99. The predicted octanol–water partition coefficient (Wildman–Crippen LogP) is 0.953. The molecule has 1 N–H and O–H groups in total. The van der Waals surface area contributed by atoms with E-state index < -0.39 is 0 Å². The molecule has 2 fully saturated rings. The maximum absolute atomic E-state index is 11.1. The summed E-state index contributed by atoms with van der Waals surface area (Å²) in [7, 11) is 1.42. The summed E-state index contributed by atoms with van der Waals surface area (Å²) in [5.74, 6) is 0.365. The fourth-order valence-electron chi connectivity index (χ4n) is 3.20. The Balaban J connectivity index is 1.91. The van der Waals surface area contributed by atoms with Crippen molar-refractivity contribution < 1.29 is 14.3 Å². The Morgan fingerprint density at radius 1 is 1.56 bits per heavy atom. The minimum absolute atomic E-state index is 0.124. The predicted molar refractivity (Wildman–Crippen MR) is 60.1 cm³/mol. The molecule has 4 heteroatoms. The van der Waals surface area contributed by atoms with Gasteiger partial charge in [-0.25, -0.2) is 0 Å². The summed E-state index contributed by atoms with van der Waals surface area (Å²) in [6.07, 6.45) is 2.69. The molecule has 92 valence electrons. The Bertz CT molecular complexity index is 277. The van der Waals surface area contributed by atoms with Gasteiger partial charge in [-0.2, -0.15) is 0 Å². The van der Waals surface area contributed by atoms with Crippen molar-refractivity contribution in [2.24, 2.45) is 11.3 Å². The molecule has 4 nitrogen and oxygen atoms in total. The van der Waals surface area contributed by atoms with Crippen LogP contribution >= 0.6 is 0 Å². The molecule has 0 aromatic heterocycles. The fourth-order valence-corrected chi connectivity index (χ4v) is 3.20. The Morgan fingerprint density at radius 3 is 3.00 bits per heavy atom. The molecule has 2 rings (SSSR count). The third-order valence-corrected chi connectivity index (χ3v) is 4.03. The molecule has 1 heterocycles. The summed E-state index contributed by atoms with van der Waals surface area (Å²) in [4.78, 5) is 11.1. The lowest BCUT2D eigenvalue weighted by atomic mass is 9.55. The molecule has 1 aliphatic heterocycles. The van der Waals surface area contributed by atoms with Crippen molar-refractivity contribution in [1.82, 2.24) is 5.32 Å². The third-order valence-electron chi connectivity index (χ3n) is 4.03. The largest absolute Gasteiger partial charge is 0.468 e. The first-order valence-electron chi connectivity index (χ1n) is 5.99. The number of ether oxygens (including phenoxy) is 2. The van der Waals surface area contributed by atoms with Crippen molar-refractivity contribution in [1.29, 1.82) is 0 Å². The summed E-state index contributed by atoms with van der Waals surface area (Å²) >= 11 is 0. The van der Waals surface area contributed by atoms with Crippen LogP contribution in [-0.2, 0) is 14.3 Å².